The van der Waals surface area contributed by atoms with E-state index in [0.29, 0.717) is 30.7 Å². The van der Waals surface area contributed by atoms with Crippen molar-refractivity contribution in [1.82, 2.24) is 9.97 Å². The first-order valence-electron chi connectivity index (χ1n) is 9.99. The molecule has 0 aliphatic carbocycles. The number of primary sulfonamides is 1. The molecule has 0 unspecified atom stereocenters. The topological polar surface area (TPSA) is 133 Å². The summed E-state index contributed by atoms with van der Waals surface area (Å²) >= 11 is 0. The van der Waals surface area contributed by atoms with Crippen LogP contribution in [0.2, 0.25) is 0 Å². The lowest BCUT2D eigenvalue weighted by Gasteiger charge is -2.12. The molecule has 0 radical (unpaired) electrons. The molecule has 0 aliphatic heterocycles. The second-order valence-electron chi connectivity index (χ2n) is 7.18. The van der Waals surface area contributed by atoms with Crippen molar-refractivity contribution in [3.8, 4) is 17.0 Å². The van der Waals surface area contributed by atoms with E-state index >= 15 is 0 Å². The fourth-order valence-corrected chi connectivity index (χ4v) is 3.77. The maximum absolute atomic E-state index is 11.4. The quantitative estimate of drug-likeness (QED) is 0.368. The average Bonchev–Trinajstić information content (AvgIpc) is 2.78. The van der Waals surface area contributed by atoms with Crippen LogP contribution in [0.1, 0.15) is 12.5 Å². The molecular weight excluding hydrogens is 426 g/mol. The monoisotopic (exact) mass is 449 g/mol. The van der Waals surface area contributed by atoms with Gasteiger partial charge in [0.15, 0.2) is 0 Å². The van der Waals surface area contributed by atoms with Crippen LogP contribution in [0, 0.1) is 0 Å². The highest BCUT2D eigenvalue weighted by Crippen LogP contribution is 2.30. The van der Waals surface area contributed by atoms with Crippen molar-refractivity contribution in [3.05, 3.63) is 72.3 Å². The molecule has 4 aromatic rings. The van der Waals surface area contributed by atoms with Crippen LogP contribution < -0.4 is 20.9 Å². The summed E-state index contributed by atoms with van der Waals surface area (Å²) in [4.78, 5) is 9.20. The van der Waals surface area contributed by atoms with E-state index in [1.165, 1.54) is 12.1 Å². The summed E-state index contributed by atoms with van der Waals surface area (Å²) in [6, 6.07) is 19.9. The van der Waals surface area contributed by atoms with Crippen LogP contribution in [0.3, 0.4) is 0 Å². The third-order valence-electron chi connectivity index (χ3n) is 4.89. The van der Waals surface area contributed by atoms with Gasteiger partial charge in [-0.15, -0.1) is 0 Å². The van der Waals surface area contributed by atoms with Crippen molar-refractivity contribution < 1.29 is 13.2 Å². The van der Waals surface area contributed by atoms with Gasteiger partial charge in [-0.2, -0.15) is 4.98 Å². The number of benzene rings is 3. The van der Waals surface area contributed by atoms with Crippen LogP contribution in [-0.4, -0.2) is 25.0 Å². The first kappa shape index (κ1) is 21.5. The van der Waals surface area contributed by atoms with Gasteiger partial charge in [0.25, 0.3) is 0 Å². The standard InChI is InChI=1S/C23H23N5O3S/c1-2-31-22-20-13-17(16-5-8-18(24)9-6-16)7-12-21(20)27-23(28-22)26-14-15-3-10-19(11-4-15)32(25,29)30/h3-13H,2,14,24H2,1H3,(H2,25,29,30)(H,26,27,28). The lowest BCUT2D eigenvalue weighted by Crippen LogP contribution is -2.12. The van der Waals surface area contributed by atoms with E-state index in [-0.39, 0.29) is 4.90 Å². The molecule has 0 saturated carbocycles. The number of ether oxygens (including phenoxy) is 1. The molecule has 164 valence electrons. The maximum Gasteiger partial charge on any atom is 0.238 e. The van der Waals surface area contributed by atoms with Crippen molar-refractivity contribution in [2.75, 3.05) is 17.7 Å². The Balaban J connectivity index is 1.61. The fourth-order valence-electron chi connectivity index (χ4n) is 3.26. The molecule has 3 aromatic carbocycles. The Bertz CT molecular complexity index is 1360. The maximum atomic E-state index is 11.4. The zero-order valence-corrected chi connectivity index (χ0v) is 18.3. The summed E-state index contributed by atoms with van der Waals surface area (Å²) in [5.74, 6) is 0.901. The number of aromatic nitrogens is 2. The van der Waals surface area contributed by atoms with Gasteiger partial charge in [-0.05, 0) is 60.0 Å². The molecule has 8 nitrogen and oxygen atoms in total. The van der Waals surface area contributed by atoms with Crippen LogP contribution in [0.15, 0.2) is 71.6 Å². The SMILES string of the molecule is CCOc1nc(NCc2ccc(S(N)(=O)=O)cc2)nc2ccc(-c3ccc(N)cc3)cc12. The number of anilines is 2. The number of fused-ring (bicyclic) bond motifs is 1. The average molecular weight is 450 g/mol. The summed E-state index contributed by atoms with van der Waals surface area (Å²) in [6.45, 7) is 2.77. The summed E-state index contributed by atoms with van der Waals surface area (Å²) in [5.41, 5.74) is 10.2. The first-order chi connectivity index (χ1) is 15.3. The zero-order chi connectivity index (χ0) is 22.7. The lowest BCUT2D eigenvalue weighted by atomic mass is 10.0. The van der Waals surface area contributed by atoms with Crippen molar-refractivity contribution >= 4 is 32.6 Å². The van der Waals surface area contributed by atoms with Crippen molar-refractivity contribution in [2.45, 2.75) is 18.4 Å². The molecule has 0 fully saturated rings. The highest BCUT2D eigenvalue weighted by molar-refractivity contribution is 7.89. The van der Waals surface area contributed by atoms with Gasteiger partial charge in [-0.3, -0.25) is 0 Å². The van der Waals surface area contributed by atoms with Gasteiger partial charge < -0.3 is 15.8 Å². The molecular formula is C23H23N5O3S. The van der Waals surface area contributed by atoms with Crippen LogP contribution >= 0.6 is 0 Å². The third-order valence-corrected chi connectivity index (χ3v) is 5.82. The number of nitrogen functional groups attached to an aromatic ring is 1. The normalized spacial score (nSPS) is 11.4. The first-order valence-corrected chi connectivity index (χ1v) is 11.5. The Hall–Kier alpha value is -3.69. The molecule has 5 N–H and O–H groups in total. The van der Waals surface area contributed by atoms with Crippen molar-refractivity contribution in [1.29, 1.82) is 0 Å². The third kappa shape index (κ3) is 4.79. The van der Waals surface area contributed by atoms with Gasteiger partial charge in [-0.25, -0.2) is 18.5 Å². The van der Waals surface area contributed by atoms with Gasteiger partial charge in [-0.1, -0.05) is 30.3 Å². The molecule has 0 spiro atoms. The highest BCUT2D eigenvalue weighted by Gasteiger charge is 2.11. The minimum absolute atomic E-state index is 0.0683. The zero-order valence-electron chi connectivity index (χ0n) is 17.4. The van der Waals surface area contributed by atoms with Crippen LogP contribution in [0.4, 0.5) is 11.6 Å². The molecule has 0 atom stereocenters. The minimum Gasteiger partial charge on any atom is -0.477 e. The minimum atomic E-state index is -3.72. The van der Waals surface area contributed by atoms with Gasteiger partial charge in [0.2, 0.25) is 21.9 Å². The predicted octanol–water partition coefficient (Wildman–Crippen LogP) is 3.54. The second kappa shape index (κ2) is 8.81. The Morgan fingerprint density at radius 2 is 1.62 bits per heavy atom. The Morgan fingerprint density at radius 1 is 0.938 bits per heavy atom. The molecule has 0 amide bonds. The highest BCUT2D eigenvalue weighted by atomic mass is 32.2. The molecule has 1 aromatic heterocycles. The van der Waals surface area contributed by atoms with Crippen LogP contribution in [-0.2, 0) is 16.6 Å². The summed E-state index contributed by atoms with van der Waals surface area (Å²) in [6.07, 6.45) is 0. The smallest absolute Gasteiger partial charge is 0.238 e. The van der Waals surface area contributed by atoms with E-state index < -0.39 is 10.0 Å². The number of hydrogen-bond donors (Lipinski definition) is 3. The number of rotatable bonds is 7. The number of nitrogens with one attached hydrogen (secondary N) is 1. The lowest BCUT2D eigenvalue weighted by molar-refractivity contribution is 0.331. The Morgan fingerprint density at radius 3 is 2.28 bits per heavy atom. The van der Waals surface area contributed by atoms with E-state index in [0.717, 1.165) is 27.6 Å². The second-order valence-corrected chi connectivity index (χ2v) is 8.74. The van der Waals surface area contributed by atoms with Crippen LogP contribution in [0.5, 0.6) is 5.88 Å². The van der Waals surface area contributed by atoms with Crippen molar-refractivity contribution in [3.63, 3.8) is 0 Å². The Labute approximate surface area is 186 Å². The van der Waals surface area contributed by atoms with Crippen LogP contribution in [0.25, 0.3) is 22.0 Å². The van der Waals surface area contributed by atoms with E-state index in [2.05, 4.69) is 15.3 Å². The van der Waals surface area contributed by atoms with Gasteiger partial charge in [0.05, 0.1) is 22.4 Å². The molecule has 9 heteroatoms. The van der Waals surface area contributed by atoms with E-state index in [9.17, 15) is 8.42 Å². The molecule has 0 aliphatic rings. The number of sulfonamides is 1. The van der Waals surface area contributed by atoms with E-state index in [1.807, 2.05) is 49.4 Å². The number of nitrogens with two attached hydrogens (primary N) is 2. The molecule has 4 rings (SSSR count). The molecule has 1 heterocycles. The molecule has 0 bridgehead atoms. The van der Waals surface area contributed by atoms with Gasteiger partial charge >= 0.3 is 0 Å². The summed E-state index contributed by atoms with van der Waals surface area (Å²) in [7, 11) is -3.72. The molecule has 32 heavy (non-hydrogen) atoms. The largest absolute Gasteiger partial charge is 0.477 e. The number of hydrogen-bond acceptors (Lipinski definition) is 7. The van der Waals surface area contributed by atoms with Gasteiger partial charge in [0, 0.05) is 12.2 Å². The summed E-state index contributed by atoms with van der Waals surface area (Å²) < 4.78 is 28.6. The fraction of sp³-hybridized carbons (Fsp3) is 0.130. The Kier molecular flexibility index (Phi) is 5.93. The summed E-state index contributed by atoms with van der Waals surface area (Å²) in [5, 5.41) is 9.12. The van der Waals surface area contributed by atoms with E-state index in [4.69, 9.17) is 15.6 Å². The predicted molar refractivity (Wildman–Crippen MR) is 126 cm³/mol. The van der Waals surface area contributed by atoms with Crippen molar-refractivity contribution in [2.24, 2.45) is 5.14 Å². The number of nitrogens with zero attached hydrogens (tertiary/aromatic N) is 2. The molecule has 0 saturated heterocycles. The van der Waals surface area contributed by atoms with E-state index in [1.54, 1.807) is 12.1 Å². The van der Waals surface area contributed by atoms with Gasteiger partial charge in [0.1, 0.15) is 0 Å².